The smallest absolute Gasteiger partial charge is 0.267 e. The van der Waals surface area contributed by atoms with Gasteiger partial charge in [-0.2, -0.15) is 5.10 Å². The number of hydrogen-bond acceptors (Lipinski definition) is 6. The minimum absolute atomic E-state index is 0.104. The summed E-state index contributed by atoms with van der Waals surface area (Å²) in [4.78, 5) is 16.1. The number of thioether (sulfide) groups is 1. The van der Waals surface area contributed by atoms with E-state index in [0.717, 1.165) is 14.9 Å². The Balaban J connectivity index is 1.60. The monoisotopic (exact) mass is 471 g/mol. The number of carbonyl (C=O) groups excluding carboxylic acids is 1. The van der Waals surface area contributed by atoms with Gasteiger partial charge in [0.25, 0.3) is 5.91 Å². The number of amides is 1. The second-order valence-corrected chi connectivity index (χ2v) is 8.68. The summed E-state index contributed by atoms with van der Waals surface area (Å²) in [6.45, 7) is 0.313. The summed E-state index contributed by atoms with van der Waals surface area (Å²) < 4.78 is 6.40. The number of hydrogen-bond donors (Lipinski definition) is 0. The minimum Gasteiger partial charge on any atom is -0.467 e. The molecular weight excluding hydrogens is 458 g/mol. The van der Waals surface area contributed by atoms with Crippen LogP contribution in [-0.2, 0) is 11.3 Å². The highest BCUT2D eigenvalue weighted by Crippen LogP contribution is 2.34. The Bertz CT molecular complexity index is 1040. The van der Waals surface area contributed by atoms with E-state index in [0.29, 0.717) is 22.4 Å². The van der Waals surface area contributed by atoms with Crippen molar-refractivity contribution in [3.63, 3.8) is 0 Å². The molecule has 140 valence electrons. The van der Waals surface area contributed by atoms with Crippen molar-refractivity contribution < 1.29 is 9.21 Å². The molecule has 28 heavy (non-hydrogen) atoms. The molecule has 4 rings (SSSR count). The Labute approximate surface area is 178 Å². The fourth-order valence-corrected chi connectivity index (χ4v) is 4.40. The van der Waals surface area contributed by atoms with Crippen LogP contribution in [0.1, 0.15) is 16.2 Å². The zero-order chi connectivity index (χ0) is 19.3. The van der Waals surface area contributed by atoms with Gasteiger partial charge in [0.2, 0.25) is 0 Å². The molecule has 8 heteroatoms. The molecule has 0 N–H and O–H groups in total. The predicted octanol–water partition coefficient (Wildman–Crippen LogP) is 5.61. The van der Waals surface area contributed by atoms with Gasteiger partial charge >= 0.3 is 0 Å². The Kier molecular flexibility index (Phi) is 5.90. The van der Waals surface area contributed by atoms with Gasteiger partial charge in [0.05, 0.1) is 23.9 Å². The molecule has 0 radical (unpaired) electrons. The SMILES string of the molecule is O=C1/C(=C/c2cccs2)S/C(=N/N=C\c2ccc(Br)cc2)N1Cc1ccco1. The van der Waals surface area contributed by atoms with E-state index >= 15 is 0 Å². The topological polar surface area (TPSA) is 58.2 Å². The molecule has 5 nitrogen and oxygen atoms in total. The molecule has 1 saturated heterocycles. The fourth-order valence-electron chi connectivity index (χ4n) is 2.48. The zero-order valence-electron chi connectivity index (χ0n) is 14.5. The first-order chi connectivity index (χ1) is 13.7. The lowest BCUT2D eigenvalue weighted by molar-refractivity contribution is -0.122. The average molecular weight is 472 g/mol. The van der Waals surface area contributed by atoms with E-state index in [1.54, 1.807) is 34.8 Å². The molecule has 1 aromatic carbocycles. The van der Waals surface area contributed by atoms with Crippen LogP contribution in [0.3, 0.4) is 0 Å². The largest absolute Gasteiger partial charge is 0.467 e. The van der Waals surface area contributed by atoms with E-state index in [1.807, 2.05) is 53.9 Å². The number of rotatable bonds is 5. The van der Waals surface area contributed by atoms with Gasteiger partial charge < -0.3 is 4.42 Å². The van der Waals surface area contributed by atoms with Gasteiger partial charge in [0, 0.05) is 9.35 Å². The molecule has 0 saturated carbocycles. The number of furan rings is 1. The molecule has 1 fully saturated rings. The lowest BCUT2D eigenvalue weighted by Gasteiger charge is -2.12. The van der Waals surface area contributed by atoms with Crippen LogP contribution in [0.5, 0.6) is 0 Å². The first-order valence-electron chi connectivity index (χ1n) is 8.33. The molecule has 0 atom stereocenters. The standard InChI is InChI=1S/C20H14BrN3O2S2/c21-15-7-5-14(6-8-15)12-22-23-20-24(13-16-3-1-9-26-16)19(25)18(28-20)11-17-4-2-10-27-17/h1-12H,13H2/b18-11-,22-12-,23-20+. The van der Waals surface area contributed by atoms with Crippen LogP contribution in [0.4, 0.5) is 0 Å². The van der Waals surface area contributed by atoms with E-state index in [4.69, 9.17) is 4.42 Å². The predicted molar refractivity (Wildman–Crippen MR) is 118 cm³/mol. The van der Waals surface area contributed by atoms with Gasteiger partial charge in [0.15, 0.2) is 5.17 Å². The third-order valence-electron chi connectivity index (χ3n) is 3.82. The third kappa shape index (κ3) is 4.52. The highest BCUT2D eigenvalue weighted by Gasteiger charge is 2.34. The van der Waals surface area contributed by atoms with Crippen LogP contribution in [-0.4, -0.2) is 22.2 Å². The number of halogens is 1. The second kappa shape index (κ2) is 8.72. The van der Waals surface area contributed by atoms with Crippen LogP contribution in [0.2, 0.25) is 0 Å². The summed E-state index contributed by atoms with van der Waals surface area (Å²) in [5.41, 5.74) is 0.925. The van der Waals surface area contributed by atoms with Crippen LogP contribution in [0, 0.1) is 0 Å². The van der Waals surface area contributed by atoms with E-state index < -0.39 is 0 Å². The average Bonchev–Trinajstić information content (AvgIpc) is 3.44. The highest BCUT2D eigenvalue weighted by atomic mass is 79.9. The number of amidine groups is 1. The van der Waals surface area contributed by atoms with Gasteiger partial charge in [-0.15, -0.1) is 16.4 Å². The van der Waals surface area contributed by atoms with Gasteiger partial charge in [-0.1, -0.05) is 34.1 Å². The van der Waals surface area contributed by atoms with Crippen molar-refractivity contribution in [3.8, 4) is 0 Å². The molecule has 3 aromatic rings. The van der Waals surface area contributed by atoms with Crippen molar-refractivity contribution in [3.05, 3.63) is 85.8 Å². The van der Waals surface area contributed by atoms with Crippen molar-refractivity contribution >= 4 is 62.4 Å². The Morgan fingerprint density at radius 3 is 2.71 bits per heavy atom. The highest BCUT2D eigenvalue weighted by molar-refractivity contribution is 9.10. The van der Waals surface area contributed by atoms with Crippen molar-refractivity contribution in [1.82, 2.24) is 4.90 Å². The summed E-state index contributed by atoms with van der Waals surface area (Å²) in [6, 6.07) is 15.3. The second-order valence-electron chi connectivity index (χ2n) is 5.78. The first kappa shape index (κ1) is 18.9. The molecule has 1 amide bonds. The van der Waals surface area contributed by atoms with Crippen LogP contribution >= 0.6 is 39.0 Å². The first-order valence-corrected chi connectivity index (χ1v) is 10.8. The van der Waals surface area contributed by atoms with Gasteiger partial charge in [-0.05, 0) is 59.1 Å². The maximum Gasteiger partial charge on any atom is 0.267 e. The summed E-state index contributed by atoms with van der Waals surface area (Å²) in [5, 5.41) is 11.0. The van der Waals surface area contributed by atoms with E-state index in [9.17, 15) is 4.79 Å². The quantitative estimate of drug-likeness (QED) is 0.276. The third-order valence-corrected chi connectivity index (χ3v) is 6.16. The maximum atomic E-state index is 12.9. The molecule has 0 bridgehead atoms. The molecular formula is C20H14BrN3O2S2. The molecule has 0 unspecified atom stereocenters. The summed E-state index contributed by atoms with van der Waals surface area (Å²) >= 11 is 6.31. The van der Waals surface area contributed by atoms with Crippen LogP contribution in [0.25, 0.3) is 6.08 Å². The number of thiophene rings is 1. The van der Waals surface area contributed by atoms with E-state index in [1.165, 1.54) is 11.8 Å². The van der Waals surface area contributed by atoms with Crippen molar-refractivity contribution in [2.45, 2.75) is 6.54 Å². The van der Waals surface area contributed by atoms with E-state index in [2.05, 4.69) is 26.1 Å². The molecule has 0 spiro atoms. The molecule has 0 aliphatic carbocycles. The Morgan fingerprint density at radius 1 is 1.14 bits per heavy atom. The lowest BCUT2D eigenvalue weighted by Crippen LogP contribution is -2.28. The lowest BCUT2D eigenvalue weighted by atomic mass is 10.2. The van der Waals surface area contributed by atoms with Crippen molar-refractivity contribution in [1.29, 1.82) is 0 Å². The van der Waals surface area contributed by atoms with Crippen molar-refractivity contribution in [2.75, 3.05) is 0 Å². The fraction of sp³-hybridized carbons (Fsp3) is 0.0500. The Morgan fingerprint density at radius 2 is 2.00 bits per heavy atom. The minimum atomic E-state index is -0.104. The molecule has 2 aromatic heterocycles. The van der Waals surface area contributed by atoms with E-state index in [-0.39, 0.29) is 5.91 Å². The maximum absolute atomic E-state index is 12.9. The van der Waals surface area contributed by atoms with Gasteiger partial charge in [0.1, 0.15) is 5.76 Å². The zero-order valence-corrected chi connectivity index (χ0v) is 17.7. The Hall–Kier alpha value is -2.42. The van der Waals surface area contributed by atoms with Crippen molar-refractivity contribution in [2.24, 2.45) is 10.2 Å². The molecule has 1 aliphatic rings. The van der Waals surface area contributed by atoms with Crippen LogP contribution < -0.4 is 0 Å². The number of benzene rings is 1. The summed E-state index contributed by atoms with van der Waals surface area (Å²) in [7, 11) is 0. The van der Waals surface area contributed by atoms with Crippen LogP contribution in [0.15, 0.2) is 84.2 Å². The molecule has 1 aliphatic heterocycles. The number of carbonyl (C=O) groups is 1. The molecule has 3 heterocycles. The number of nitrogens with zero attached hydrogens (tertiary/aromatic N) is 3. The summed E-state index contributed by atoms with van der Waals surface area (Å²) in [6.07, 6.45) is 5.14. The van der Waals surface area contributed by atoms with Gasteiger partial charge in [-0.3, -0.25) is 9.69 Å². The van der Waals surface area contributed by atoms with Gasteiger partial charge in [-0.25, -0.2) is 0 Å². The summed E-state index contributed by atoms with van der Waals surface area (Å²) in [5.74, 6) is 0.586. The normalized spacial score (nSPS) is 17.5.